The van der Waals surface area contributed by atoms with E-state index in [-0.39, 0.29) is 0 Å². The van der Waals surface area contributed by atoms with Crippen molar-refractivity contribution in [1.29, 1.82) is 0 Å². The summed E-state index contributed by atoms with van der Waals surface area (Å²) in [6, 6.07) is 7.17. The molecule has 0 saturated carbocycles. The number of hydrogen-bond acceptors (Lipinski definition) is 4. The molecular weight excluding hydrogens is 246 g/mol. The van der Waals surface area contributed by atoms with Crippen molar-refractivity contribution < 1.29 is 14.6 Å². The first-order chi connectivity index (χ1) is 8.96. The van der Waals surface area contributed by atoms with Crippen molar-refractivity contribution in [3.05, 3.63) is 36.2 Å². The Balaban J connectivity index is 2.46. The minimum Gasteiger partial charge on any atom is -0.497 e. The molecule has 6 nitrogen and oxygen atoms in total. The molecule has 0 fully saturated rings. The summed E-state index contributed by atoms with van der Waals surface area (Å²) in [5, 5.41) is 17.0. The van der Waals surface area contributed by atoms with Crippen LogP contribution in [-0.4, -0.2) is 33.2 Å². The van der Waals surface area contributed by atoms with E-state index in [0.29, 0.717) is 5.69 Å². The number of aromatic nitrogens is 3. The lowest BCUT2D eigenvalue weighted by molar-refractivity contribution is -0.142. The average molecular weight is 261 g/mol. The Kier molecular flexibility index (Phi) is 3.25. The number of carboxylic acids is 1. The summed E-state index contributed by atoms with van der Waals surface area (Å²) in [6.07, 6.45) is 1.47. The van der Waals surface area contributed by atoms with Crippen LogP contribution in [0.25, 0.3) is 5.69 Å². The first-order valence-corrected chi connectivity index (χ1v) is 5.76. The third-order valence-electron chi connectivity index (χ3n) is 3.04. The number of methoxy groups -OCH3 is 1. The molecule has 1 aromatic carbocycles. The molecule has 0 bridgehead atoms. The molecule has 1 heterocycles. The summed E-state index contributed by atoms with van der Waals surface area (Å²) in [4.78, 5) is 11.3. The zero-order valence-corrected chi connectivity index (χ0v) is 11.0. The van der Waals surface area contributed by atoms with Gasteiger partial charge in [-0.3, -0.25) is 4.79 Å². The summed E-state index contributed by atoms with van der Waals surface area (Å²) in [5.41, 5.74) is 0.191. The van der Waals surface area contributed by atoms with Gasteiger partial charge in [-0.25, -0.2) is 4.68 Å². The highest BCUT2D eigenvalue weighted by Crippen LogP contribution is 2.25. The predicted molar refractivity (Wildman–Crippen MR) is 68.6 cm³/mol. The smallest absolute Gasteiger partial charge is 0.315 e. The van der Waals surface area contributed by atoms with Gasteiger partial charge < -0.3 is 9.84 Å². The van der Waals surface area contributed by atoms with Crippen LogP contribution in [0.5, 0.6) is 5.75 Å². The molecule has 2 rings (SSSR count). The van der Waals surface area contributed by atoms with Crippen molar-refractivity contribution in [2.75, 3.05) is 7.11 Å². The van der Waals surface area contributed by atoms with Crippen LogP contribution in [0, 0.1) is 0 Å². The third kappa shape index (κ3) is 2.29. The van der Waals surface area contributed by atoms with Crippen LogP contribution < -0.4 is 4.74 Å². The van der Waals surface area contributed by atoms with Gasteiger partial charge in [-0.2, -0.15) is 0 Å². The molecule has 0 unspecified atom stereocenters. The van der Waals surface area contributed by atoms with Gasteiger partial charge in [0.1, 0.15) is 11.2 Å². The van der Waals surface area contributed by atoms with Gasteiger partial charge in [0.2, 0.25) is 0 Å². The summed E-state index contributed by atoms with van der Waals surface area (Å²) in [6.45, 7) is 3.24. The number of aliphatic carboxylic acids is 1. The van der Waals surface area contributed by atoms with Crippen molar-refractivity contribution >= 4 is 5.97 Å². The van der Waals surface area contributed by atoms with Crippen molar-refractivity contribution in [2.24, 2.45) is 0 Å². The third-order valence-corrected chi connectivity index (χ3v) is 3.04. The Hall–Kier alpha value is -2.37. The molecule has 2 aromatic rings. The second-order valence-electron chi connectivity index (χ2n) is 4.66. The molecule has 0 aliphatic heterocycles. The van der Waals surface area contributed by atoms with Crippen molar-refractivity contribution in [2.45, 2.75) is 19.3 Å². The number of rotatable bonds is 4. The Labute approximate surface area is 110 Å². The molecule has 0 radical (unpaired) electrons. The monoisotopic (exact) mass is 261 g/mol. The number of hydrogen-bond donors (Lipinski definition) is 1. The molecule has 19 heavy (non-hydrogen) atoms. The van der Waals surface area contributed by atoms with Crippen LogP contribution in [0.3, 0.4) is 0 Å². The lowest BCUT2D eigenvalue weighted by Crippen LogP contribution is -2.31. The summed E-state index contributed by atoms with van der Waals surface area (Å²) < 4.78 is 6.60. The molecule has 1 N–H and O–H groups in total. The Morgan fingerprint density at radius 1 is 1.32 bits per heavy atom. The molecule has 100 valence electrons. The fourth-order valence-corrected chi connectivity index (χ4v) is 1.68. The van der Waals surface area contributed by atoms with Gasteiger partial charge in [-0.15, -0.1) is 5.10 Å². The normalized spacial score (nSPS) is 11.3. The van der Waals surface area contributed by atoms with E-state index >= 15 is 0 Å². The highest BCUT2D eigenvalue weighted by molar-refractivity contribution is 5.79. The van der Waals surface area contributed by atoms with E-state index in [1.54, 1.807) is 45.2 Å². The van der Waals surface area contributed by atoms with Gasteiger partial charge in [0, 0.05) is 0 Å². The predicted octanol–water partition coefficient (Wildman–Crippen LogP) is 1.64. The number of carbonyl (C=O) groups is 1. The standard InChI is InChI=1S/C13H15N3O3/c1-13(2,12(17)18)11-8-14-15-16(11)9-4-6-10(19-3)7-5-9/h4-8H,1-3H3,(H,17,18). The molecule has 0 atom stereocenters. The van der Waals surface area contributed by atoms with E-state index in [4.69, 9.17) is 4.74 Å². The Morgan fingerprint density at radius 3 is 2.47 bits per heavy atom. The van der Waals surface area contributed by atoms with Gasteiger partial charge in [0.05, 0.1) is 24.7 Å². The van der Waals surface area contributed by atoms with Crippen molar-refractivity contribution in [3.63, 3.8) is 0 Å². The quantitative estimate of drug-likeness (QED) is 0.905. The second kappa shape index (κ2) is 4.72. The molecular formula is C13H15N3O3. The lowest BCUT2D eigenvalue weighted by Gasteiger charge is -2.19. The minimum atomic E-state index is -1.07. The fraction of sp³-hybridized carbons (Fsp3) is 0.308. The van der Waals surface area contributed by atoms with Crippen LogP contribution in [-0.2, 0) is 10.2 Å². The average Bonchev–Trinajstić information content (AvgIpc) is 2.88. The summed E-state index contributed by atoms with van der Waals surface area (Å²) >= 11 is 0. The molecule has 0 amide bonds. The number of benzene rings is 1. The topological polar surface area (TPSA) is 77.2 Å². The largest absolute Gasteiger partial charge is 0.497 e. The molecule has 0 aliphatic rings. The van der Waals surface area contributed by atoms with Gasteiger partial charge in [-0.1, -0.05) is 5.21 Å². The van der Waals surface area contributed by atoms with Crippen LogP contribution in [0.4, 0.5) is 0 Å². The second-order valence-corrected chi connectivity index (χ2v) is 4.66. The van der Waals surface area contributed by atoms with E-state index in [0.717, 1.165) is 11.4 Å². The van der Waals surface area contributed by atoms with Crippen LogP contribution in [0.2, 0.25) is 0 Å². The van der Waals surface area contributed by atoms with Crippen molar-refractivity contribution in [1.82, 2.24) is 15.0 Å². The van der Waals surface area contributed by atoms with E-state index < -0.39 is 11.4 Å². The SMILES string of the molecule is COc1ccc(-n2nncc2C(C)(C)C(=O)O)cc1. The highest BCUT2D eigenvalue weighted by atomic mass is 16.5. The van der Waals surface area contributed by atoms with Crippen LogP contribution in [0.1, 0.15) is 19.5 Å². The first kappa shape index (κ1) is 13.1. The van der Waals surface area contributed by atoms with Gasteiger partial charge in [-0.05, 0) is 38.1 Å². The Bertz CT molecular complexity index is 587. The molecule has 0 aliphatic carbocycles. The number of ether oxygens (including phenoxy) is 1. The maximum atomic E-state index is 11.3. The van der Waals surface area contributed by atoms with Gasteiger partial charge in [0.25, 0.3) is 0 Å². The number of nitrogens with zero attached hydrogens (tertiary/aromatic N) is 3. The maximum Gasteiger partial charge on any atom is 0.315 e. The van der Waals surface area contributed by atoms with E-state index in [1.807, 2.05) is 0 Å². The van der Waals surface area contributed by atoms with Crippen molar-refractivity contribution in [3.8, 4) is 11.4 Å². The van der Waals surface area contributed by atoms with E-state index in [2.05, 4.69) is 10.3 Å². The minimum absolute atomic E-state index is 0.519. The summed E-state index contributed by atoms with van der Waals surface area (Å²) in [7, 11) is 1.59. The lowest BCUT2D eigenvalue weighted by atomic mass is 9.90. The molecule has 0 saturated heterocycles. The fourth-order valence-electron chi connectivity index (χ4n) is 1.68. The molecule has 1 aromatic heterocycles. The summed E-state index contributed by atoms with van der Waals surface area (Å²) in [5.74, 6) is -0.201. The van der Waals surface area contributed by atoms with Gasteiger partial charge in [0.15, 0.2) is 0 Å². The molecule has 0 spiro atoms. The van der Waals surface area contributed by atoms with E-state index in [1.165, 1.54) is 10.9 Å². The first-order valence-electron chi connectivity index (χ1n) is 5.76. The maximum absolute atomic E-state index is 11.3. The highest BCUT2D eigenvalue weighted by Gasteiger charge is 2.33. The van der Waals surface area contributed by atoms with Gasteiger partial charge >= 0.3 is 5.97 Å². The zero-order valence-electron chi connectivity index (χ0n) is 11.0. The number of carboxylic acid groups (broad SMARTS) is 1. The molecule has 6 heteroatoms. The Morgan fingerprint density at radius 2 is 1.95 bits per heavy atom. The van der Waals surface area contributed by atoms with Crippen LogP contribution >= 0.6 is 0 Å². The zero-order chi connectivity index (χ0) is 14.0. The van der Waals surface area contributed by atoms with Crippen LogP contribution in [0.15, 0.2) is 30.5 Å². The van der Waals surface area contributed by atoms with E-state index in [9.17, 15) is 9.90 Å².